The highest BCUT2D eigenvalue weighted by molar-refractivity contribution is 14.0. The van der Waals surface area contributed by atoms with Gasteiger partial charge in [0.25, 0.3) is 0 Å². The van der Waals surface area contributed by atoms with Crippen molar-refractivity contribution in [1.82, 2.24) is 10.2 Å². The lowest BCUT2D eigenvalue weighted by Gasteiger charge is -2.37. The van der Waals surface area contributed by atoms with Gasteiger partial charge < -0.3 is 20.2 Å². The van der Waals surface area contributed by atoms with Gasteiger partial charge in [-0.3, -0.25) is 4.99 Å². The summed E-state index contributed by atoms with van der Waals surface area (Å²) in [5.74, 6) is 0.957. The molecule has 3 rings (SSSR count). The average molecular weight is 464 g/mol. The summed E-state index contributed by atoms with van der Waals surface area (Å²) >= 11 is 1.80. The van der Waals surface area contributed by atoms with Crippen LogP contribution in [0.5, 0.6) is 0 Å². The van der Waals surface area contributed by atoms with Gasteiger partial charge in [-0.25, -0.2) is 0 Å². The van der Waals surface area contributed by atoms with Crippen LogP contribution in [-0.2, 0) is 0 Å². The first-order valence-corrected chi connectivity index (χ1v) is 9.62. The maximum absolute atomic E-state index is 10.5. The van der Waals surface area contributed by atoms with Crippen molar-refractivity contribution in [3.8, 4) is 0 Å². The van der Waals surface area contributed by atoms with Gasteiger partial charge in [0.05, 0.1) is 17.1 Å². The van der Waals surface area contributed by atoms with E-state index in [1.165, 1.54) is 5.00 Å². The highest BCUT2D eigenvalue weighted by Gasteiger charge is 2.31. The Kier molecular flexibility index (Phi) is 7.61. The molecule has 1 aliphatic carbocycles. The van der Waals surface area contributed by atoms with Gasteiger partial charge in [-0.2, -0.15) is 0 Å². The Morgan fingerprint density at radius 2 is 2.00 bits per heavy atom. The summed E-state index contributed by atoms with van der Waals surface area (Å²) in [6, 6.07) is 4.30. The van der Waals surface area contributed by atoms with Crippen LogP contribution in [0, 0.1) is 0 Å². The van der Waals surface area contributed by atoms with E-state index in [9.17, 15) is 5.11 Å². The van der Waals surface area contributed by atoms with Gasteiger partial charge in [-0.05, 0) is 37.3 Å². The Balaban J connectivity index is 0.00000208. The fourth-order valence-electron chi connectivity index (χ4n) is 3.43. The van der Waals surface area contributed by atoms with E-state index in [1.54, 1.807) is 11.3 Å². The molecule has 1 aromatic rings. The minimum Gasteiger partial charge on any atom is -0.388 e. The number of aliphatic hydroxyl groups is 1. The van der Waals surface area contributed by atoms with Crippen LogP contribution in [0.1, 0.15) is 32.6 Å². The van der Waals surface area contributed by atoms with Crippen LogP contribution < -0.4 is 10.2 Å². The fourth-order valence-corrected chi connectivity index (χ4v) is 4.21. The molecule has 136 valence electrons. The van der Waals surface area contributed by atoms with Crippen LogP contribution in [0.2, 0.25) is 0 Å². The summed E-state index contributed by atoms with van der Waals surface area (Å²) in [7, 11) is 0. The van der Waals surface area contributed by atoms with Crippen molar-refractivity contribution in [2.45, 2.75) is 38.2 Å². The second kappa shape index (κ2) is 9.24. The monoisotopic (exact) mass is 464 g/mol. The topological polar surface area (TPSA) is 51.1 Å². The number of halogens is 1. The van der Waals surface area contributed by atoms with Crippen LogP contribution in [-0.4, -0.2) is 60.8 Å². The Bertz CT molecular complexity index is 509. The molecule has 1 aliphatic heterocycles. The molecule has 5 nitrogen and oxygen atoms in total. The van der Waals surface area contributed by atoms with E-state index in [-0.39, 0.29) is 24.0 Å². The molecular weight excluding hydrogens is 435 g/mol. The molecule has 0 amide bonds. The predicted molar refractivity (Wildman–Crippen MR) is 113 cm³/mol. The summed E-state index contributed by atoms with van der Waals surface area (Å²) < 4.78 is 0. The molecule has 0 bridgehead atoms. The van der Waals surface area contributed by atoms with E-state index < -0.39 is 5.60 Å². The zero-order chi connectivity index (χ0) is 16.1. The van der Waals surface area contributed by atoms with Crippen LogP contribution in [0.25, 0.3) is 0 Å². The lowest BCUT2D eigenvalue weighted by molar-refractivity contribution is 0.0571. The van der Waals surface area contributed by atoms with Gasteiger partial charge in [-0.15, -0.1) is 35.3 Å². The SMILES string of the molecule is CCNC(=NCC1(O)CCCC1)N1CCN(c2cccs2)CC1.I. The van der Waals surface area contributed by atoms with Gasteiger partial charge in [0.1, 0.15) is 0 Å². The number of anilines is 1. The Morgan fingerprint density at radius 3 is 2.58 bits per heavy atom. The zero-order valence-electron chi connectivity index (χ0n) is 14.4. The van der Waals surface area contributed by atoms with Crippen molar-refractivity contribution in [2.75, 3.05) is 44.2 Å². The van der Waals surface area contributed by atoms with Gasteiger partial charge in [-0.1, -0.05) is 12.8 Å². The van der Waals surface area contributed by atoms with Gasteiger partial charge >= 0.3 is 0 Å². The quantitative estimate of drug-likeness (QED) is 0.409. The van der Waals surface area contributed by atoms with Crippen molar-refractivity contribution in [1.29, 1.82) is 0 Å². The van der Waals surface area contributed by atoms with E-state index in [0.29, 0.717) is 6.54 Å². The highest BCUT2D eigenvalue weighted by atomic mass is 127. The summed E-state index contributed by atoms with van der Waals surface area (Å²) in [5, 5.41) is 17.4. The number of nitrogens with zero attached hydrogens (tertiary/aromatic N) is 3. The molecule has 0 atom stereocenters. The van der Waals surface area contributed by atoms with Gasteiger partial charge in [0.2, 0.25) is 0 Å². The maximum Gasteiger partial charge on any atom is 0.194 e. The van der Waals surface area contributed by atoms with Crippen LogP contribution >= 0.6 is 35.3 Å². The molecule has 0 aromatic carbocycles. The van der Waals surface area contributed by atoms with Crippen LogP contribution in [0.15, 0.2) is 22.5 Å². The number of rotatable bonds is 4. The molecule has 2 heterocycles. The molecule has 0 spiro atoms. The molecule has 1 aromatic heterocycles. The molecular formula is C17H29IN4OS. The summed E-state index contributed by atoms with van der Waals surface area (Å²) in [4.78, 5) is 9.51. The first-order valence-electron chi connectivity index (χ1n) is 8.74. The van der Waals surface area contributed by atoms with Gasteiger partial charge in [0, 0.05) is 32.7 Å². The normalized spacial score (nSPS) is 20.8. The molecule has 1 saturated heterocycles. The van der Waals surface area contributed by atoms with Crippen molar-refractivity contribution in [3.63, 3.8) is 0 Å². The smallest absolute Gasteiger partial charge is 0.194 e. The third-order valence-corrected chi connectivity index (χ3v) is 5.72. The van der Waals surface area contributed by atoms with Crippen molar-refractivity contribution in [2.24, 2.45) is 4.99 Å². The predicted octanol–water partition coefficient (Wildman–Crippen LogP) is 2.76. The first-order chi connectivity index (χ1) is 11.2. The second-order valence-electron chi connectivity index (χ2n) is 6.53. The minimum atomic E-state index is -0.570. The van der Waals surface area contributed by atoms with Crippen LogP contribution in [0.3, 0.4) is 0 Å². The Morgan fingerprint density at radius 1 is 1.29 bits per heavy atom. The molecule has 0 radical (unpaired) electrons. The summed E-state index contributed by atoms with van der Waals surface area (Å²) in [5.41, 5.74) is -0.570. The molecule has 1 saturated carbocycles. The second-order valence-corrected chi connectivity index (χ2v) is 7.45. The molecule has 2 aliphatic rings. The maximum atomic E-state index is 10.5. The van der Waals surface area contributed by atoms with Gasteiger partial charge in [0.15, 0.2) is 5.96 Å². The number of aliphatic imine (C=N–C) groups is 1. The average Bonchev–Trinajstić information content (AvgIpc) is 3.24. The molecule has 2 N–H and O–H groups in total. The van der Waals surface area contributed by atoms with Crippen LogP contribution in [0.4, 0.5) is 5.00 Å². The number of hydrogen-bond acceptors (Lipinski definition) is 4. The molecule has 7 heteroatoms. The lowest BCUT2D eigenvalue weighted by atomic mass is 10.0. The third kappa shape index (κ3) is 4.98. The Hall–Kier alpha value is -0.540. The number of guanidine groups is 1. The van der Waals surface area contributed by atoms with E-state index in [4.69, 9.17) is 4.99 Å². The number of piperazine rings is 1. The number of nitrogens with one attached hydrogen (secondary N) is 1. The van der Waals surface area contributed by atoms with Crippen molar-refractivity contribution < 1.29 is 5.11 Å². The summed E-state index contributed by atoms with van der Waals surface area (Å²) in [6.45, 7) is 7.49. The fraction of sp³-hybridized carbons (Fsp3) is 0.706. The standard InChI is InChI=1S/C17H28N4OS.HI/c1-2-18-16(19-14-17(22)7-3-4-8-17)21-11-9-20(10-12-21)15-6-5-13-23-15;/h5-6,13,22H,2-4,7-12,14H2,1H3,(H,18,19);1H. The first kappa shape index (κ1) is 19.8. The number of hydrogen-bond donors (Lipinski definition) is 2. The highest BCUT2D eigenvalue weighted by Crippen LogP contribution is 2.29. The minimum absolute atomic E-state index is 0. The Labute approximate surface area is 166 Å². The van der Waals surface area contributed by atoms with E-state index in [2.05, 4.69) is 39.6 Å². The number of thiophene rings is 1. The van der Waals surface area contributed by atoms with E-state index in [0.717, 1.165) is 64.4 Å². The molecule has 2 fully saturated rings. The van der Waals surface area contributed by atoms with E-state index >= 15 is 0 Å². The third-order valence-electron chi connectivity index (χ3n) is 4.79. The molecule has 24 heavy (non-hydrogen) atoms. The van der Waals surface area contributed by atoms with Crippen molar-refractivity contribution >= 4 is 46.3 Å². The lowest BCUT2D eigenvalue weighted by Crippen LogP contribution is -2.52. The largest absolute Gasteiger partial charge is 0.388 e. The molecule has 0 unspecified atom stereocenters. The van der Waals surface area contributed by atoms with Crippen molar-refractivity contribution in [3.05, 3.63) is 17.5 Å². The van der Waals surface area contributed by atoms with E-state index in [1.807, 2.05) is 0 Å². The zero-order valence-corrected chi connectivity index (χ0v) is 17.6. The summed E-state index contributed by atoms with van der Waals surface area (Å²) in [6.07, 6.45) is 4.04.